The van der Waals surface area contributed by atoms with E-state index >= 15 is 0 Å². The molecule has 3 nitrogen and oxygen atoms in total. The van der Waals surface area contributed by atoms with Gasteiger partial charge in [0.25, 0.3) is 0 Å². The van der Waals surface area contributed by atoms with Crippen LogP contribution in [0.2, 0.25) is 0 Å². The maximum Gasteiger partial charge on any atom is 0.155 e. The topological polar surface area (TPSA) is 40.5 Å². The van der Waals surface area contributed by atoms with Gasteiger partial charge in [0, 0.05) is 31.5 Å². The van der Waals surface area contributed by atoms with Crippen molar-refractivity contribution >= 4 is 5.78 Å². The Hall–Kier alpha value is -1.45. The average molecular weight is 271 g/mol. The van der Waals surface area contributed by atoms with E-state index in [4.69, 9.17) is 0 Å². The highest BCUT2D eigenvalue weighted by molar-refractivity contribution is 5.91. The van der Waals surface area contributed by atoms with Gasteiger partial charge in [-0.25, -0.2) is 0 Å². The molecular weight excluding hydrogens is 250 g/mol. The van der Waals surface area contributed by atoms with Gasteiger partial charge >= 0.3 is 0 Å². The molecule has 2 aliphatic rings. The summed E-state index contributed by atoms with van der Waals surface area (Å²) in [5.41, 5.74) is 2.29. The van der Waals surface area contributed by atoms with Crippen LogP contribution in [-0.2, 0) is 11.3 Å². The lowest BCUT2D eigenvalue weighted by Crippen LogP contribution is -2.48. The highest BCUT2D eigenvalue weighted by Gasteiger charge is 2.41. The van der Waals surface area contributed by atoms with Crippen LogP contribution in [-0.4, -0.2) is 35.5 Å². The van der Waals surface area contributed by atoms with Crippen molar-refractivity contribution in [3.8, 4) is 0 Å². The number of rotatable bonds is 3. The van der Waals surface area contributed by atoms with Crippen molar-refractivity contribution in [2.75, 3.05) is 19.7 Å². The average Bonchev–Trinajstić information content (AvgIpc) is 2.49. The number of hydrogen-bond donors (Lipinski definition) is 1. The molecule has 1 heterocycles. The Morgan fingerprint density at radius 3 is 2.75 bits per heavy atom. The van der Waals surface area contributed by atoms with E-state index in [0.717, 1.165) is 32.5 Å². The third-order valence-electron chi connectivity index (χ3n) is 4.64. The molecule has 0 amide bonds. The highest BCUT2D eigenvalue weighted by Crippen LogP contribution is 2.42. The van der Waals surface area contributed by atoms with Gasteiger partial charge in [-0.2, -0.15) is 0 Å². The van der Waals surface area contributed by atoms with Crippen LogP contribution in [0, 0.1) is 5.41 Å². The van der Waals surface area contributed by atoms with Crippen molar-refractivity contribution in [3.63, 3.8) is 0 Å². The molecule has 1 aliphatic heterocycles. The molecule has 1 aromatic carbocycles. The number of aliphatic hydroxyl groups is 1. The summed E-state index contributed by atoms with van der Waals surface area (Å²) in [5, 5.41) is 9.87. The second-order valence-electron chi connectivity index (χ2n) is 6.02. The van der Waals surface area contributed by atoms with E-state index in [1.165, 1.54) is 11.1 Å². The molecule has 0 bridgehead atoms. The molecule has 1 unspecified atom stereocenters. The van der Waals surface area contributed by atoms with Crippen molar-refractivity contribution in [1.29, 1.82) is 0 Å². The molecular formula is C17H21NO2. The molecule has 1 aliphatic carbocycles. The lowest BCUT2D eigenvalue weighted by Gasteiger charge is -2.45. The number of fused-ring (bicyclic) bond motifs is 1. The number of nitrogens with zero attached hydrogens (tertiary/aromatic N) is 1. The highest BCUT2D eigenvalue weighted by atomic mass is 16.3. The molecule has 1 N–H and O–H groups in total. The number of aliphatic hydroxyl groups excluding tert-OH is 1. The zero-order valence-corrected chi connectivity index (χ0v) is 11.7. The van der Waals surface area contributed by atoms with Crippen molar-refractivity contribution < 1.29 is 9.90 Å². The molecule has 0 aromatic heterocycles. The van der Waals surface area contributed by atoms with Crippen LogP contribution in [0.15, 0.2) is 42.0 Å². The second kappa shape index (κ2) is 5.51. The van der Waals surface area contributed by atoms with Crippen LogP contribution in [0.4, 0.5) is 0 Å². The summed E-state index contributed by atoms with van der Waals surface area (Å²) in [4.78, 5) is 14.0. The lowest BCUT2D eigenvalue weighted by atomic mass is 9.69. The Balaban J connectivity index is 1.76. The summed E-state index contributed by atoms with van der Waals surface area (Å²) in [6.07, 6.45) is 4.06. The third kappa shape index (κ3) is 2.56. The first-order valence-corrected chi connectivity index (χ1v) is 7.33. The largest absolute Gasteiger partial charge is 0.395 e. The molecule has 1 atom stereocenters. The van der Waals surface area contributed by atoms with E-state index < -0.39 is 0 Å². The standard InChI is InChI=1S/C17H21NO2/c19-13-17-8-6-16(20)10-15(17)7-9-18(12-17)11-14-4-2-1-3-5-14/h1-5,10,19H,6-9,11-13H2. The fourth-order valence-corrected chi connectivity index (χ4v) is 3.45. The van der Waals surface area contributed by atoms with Gasteiger partial charge in [-0.05, 0) is 24.5 Å². The summed E-state index contributed by atoms with van der Waals surface area (Å²) in [6, 6.07) is 10.4. The van der Waals surface area contributed by atoms with E-state index in [2.05, 4.69) is 29.2 Å². The van der Waals surface area contributed by atoms with Gasteiger partial charge in [0.2, 0.25) is 0 Å². The predicted molar refractivity (Wildman–Crippen MR) is 78.2 cm³/mol. The van der Waals surface area contributed by atoms with Crippen molar-refractivity contribution in [2.45, 2.75) is 25.8 Å². The second-order valence-corrected chi connectivity index (χ2v) is 6.02. The van der Waals surface area contributed by atoms with Crippen molar-refractivity contribution in [3.05, 3.63) is 47.5 Å². The zero-order chi connectivity index (χ0) is 14.0. The molecule has 0 spiro atoms. The number of hydrogen-bond acceptors (Lipinski definition) is 3. The minimum absolute atomic E-state index is 0.150. The molecule has 3 heteroatoms. The van der Waals surface area contributed by atoms with Crippen molar-refractivity contribution in [2.24, 2.45) is 5.41 Å². The number of carbonyl (C=O) groups is 1. The lowest BCUT2D eigenvalue weighted by molar-refractivity contribution is -0.116. The van der Waals surface area contributed by atoms with Gasteiger partial charge in [-0.1, -0.05) is 35.9 Å². The first-order chi connectivity index (χ1) is 9.72. The number of likely N-dealkylation sites (tertiary alicyclic amines) is 1. The Morgan fingerprint density at radius 2 is 2.00 bits per heavy atom. The maximum absolute atomic E-state index is 11.6. The Morgan fingerprint density at radius 1 is 1.20 bits per heavy atom. The minimum Gasteiger partial charge on any atom is -0.395 e. The fourth-order valence-electron chi connectivity index (χ4n) is 3.45. The number of ketones is 1. The first kappa shape index (κ1) is 13.5. The molecule has 20 heavy (non-hydrogen) atoms. The Bertz CT molecular complexity index is 523. The van der Waals surface area contributed by atoms with Crippen LogP contribution >= 0.6 is 0 Å². The molecule has 1 fully saturated rings. The van der Waals surface area contributed by atoms with Gasteiger partial charge in [0.05, 0.1) is 6.61 Å². The van der Waals surface area contributed by atoms with Gasteiger partial charge < -0.3 is 5.11 Å². The monoisotopic (exact) mass is 271 g/mol. The molecule has 1 saturated heterocycles. The predicted octanol–water partition coefficient (Wildman–Crippen LogP) is 2.16. The minimum atomic E-state index is -0.180. The number of carbonyl (C=O) groups excluding carboxylic acids is 1. The van der Waals surface area contributed by atoms with E-state index in [9.17, 15) is 9.90 Å². The summed E-state index contributed by atoms with van der Waals surface area (Å²) in [5.74, 6) is 0.223. The summed E-state index contributed by atoms with van der Waals surface area (Å²) in [6.45, 7) is 2.90. The van der Waals surface area contributed by atoms with Crippen LogP contribution < -0.4 is 0 Å². The quantitative estimate of drug-likeness (QED) is 0.916. The summed E-state index contributed by atoms with van der Waals surface area (Å²) < 4.78 is 0. The Kier molecular flexibility index (Phi) is 3.72. The zero-order valence-electron chi connectivity index (χ0n) is 11.7. The Labute approximate surface area is 119 Å². The SMILES string of the molecule is O=C1C=C2CCN(Cc3ccccc3)CC2(CO)CC1. The van der Waals surface area contributed by atoms with E-state index in [0.29, 0.717) is 6.42 Å². The van der Waals surface area contributed by atoms with Crippen LogP contribution in [0.5, 0.6) is 0 Å². The summed E-state index contributed by atoms with van der Waals surface area (Å²) in [7, 11) is 0. The summed E-state index contributed by atoms with van der Waals surface area (Å²) >= 11 is 0. The van der Waals surface area contributed by atoms with Crippen LogP contribution in [0.1, 0.15) is 24.8 Å². The normalized spacial score (nSPS) is 27.1. The van der Waals surface area contributed by atoms with Crippen LogP contribution in [0.25, 0.3) is 0 Å². The molecule has 0 saturated carbocycles. The van der Waals surface area contributed by atoms with Gasteiger partial charge in [0.1, 0.15) is 0 Å². The molecule has 0 radical (unpaired) electrons. The molecule has 3 rings (SSSR count). The third-order valence-corrected chi connectivity index (χ3v) is 4.64. The van der Waals surface area contributed by atoms with Crippen LogP contribution in [0.3, 0.4) is 0 Å². The van der Waals surface area contributed by atoms with Gasteiger partial charge in [-0.15, -0.1) is 0 Å². The molecule has 106 valence electrons. The fraction of sp³-hybridized carbons (Fsp3) is 0.471. The number of benzene rings is 1. The van der Waals surface area contributed by atoms with E-state index in [-0.39, 0.29) is 17.8 Å². The first-order valence-electron chi connectivity index (χ1n) is 7.33. The number of piperidine rings is 1. The number of allylic oxidation sites excluding steroid dienone is 1. The smallest absolute Gasteiger partial charge is 0.155 e. The van der Waals surface area contributed by atoms with E-state index in [1.807, 2.05) is 6.07 Å². The van der Waals surface area contributed by atoms with E-state index in [1.54, 1.807) is 6.08 Å². The molecule has 1 aromatic rings. The maximum atomic E-state index is 11.6. The van der Waals surface area contributed by atoms with Gasteiger partial charge in [0.15, 0.2) is 5.78 Å². The van der Waals surface area contributed by atoms with Gasteiger partial charge in [-0.3, -0.25) is 9.69 Å². The van der Waals surface area contributed by atoms with Crippen molar-refractivity contribution in [1.82, 2.24) is 4.90 Å².